The Labute approximate surface area is 155 Å². The van der Waals surface area contributed by atoms with Crippen LogP contribution in [0.25, 0.3) is 10.8 Å². The smallest absolute Gasteiger partial charge is 0.234 e. The van der Waals surface area contributed by atoms with Crippen molar-refractivity contribution in [1.82, 2.24) is 15.2 Å². The largest absolute Gasteiger partial charge is 0.354 e. The van der Waals surface area contributed by atoms with Gasteiger partial charge in [0.2, 0.25) is 5.91 Å². The van der Waals surface area contributed by atoms with Gasteiger partial charge in [0.25, 0.3) is 0 Å². The zero-order chi connectivity index (χ0) is 17.8. The molecule has 1 amide bonds. The fourth-order valence-electron chi connectivity index (χ4n) is 4.20. The van der Waals surface area contributed by atoms with Crippen LogP contribution in [-0.2, 0) is 4.79 Å². The normalized spacial score (nSPS) is 19.6. The highest BCUT2D eigenvalue weighted by Crippen LogP contribution is 2.25. The van der Waals surface area contributed by atoms with Crippen molar-refractivity contribution in [3.63, 3.8) is 0 Å². The summed E-state index contributed by atoms with van der Waals surface area (Å²) < 4.78 is 0. The molecular weight excluding hydrogens is 324 g/mol. The van der Waals surface area contributed by atoms with Gasteiger partial charge >= 0.3 is 0 Å². The Morgan fingerprint density at radius 2 is 1.81 bits per heavy atom. The number of pyridine rings is 1. The van der Waals surface area contributed by atoms with Crippen molar-refractivity contribution in [2.45, 2.75) is 38.1 Å². The standard InChI is InChI=1S/C21H28N4O/c26-20(23-18-7-2-1-3-8-18)16-24-12-14-25(15-13-24)21-19-9-5-4-6-17(19)10-11-22-21/h4-6,9-11,18H,1-3,7-8,12-16H2,(H,23,26). The third kappa shape index (κ3) is 3.98. The van der Waals surface area contributed by atoms with Gasteiger partial charge in [-0.3, -0.25) is 9.69 Å². The van der Waals surface area contributed by atoms with Crippen LogP contribution in [0.3, 0.4) is 0 Å². The molecule has 2 heterocycles. The van der Waals surface area contributed by atoms with E-state index in [9.17, 15) is 4.79 Å². The molecule has 2 fully saturated rings. The molecule has 0 spiro atoms. The Kier molecular flexibility index (Phi) is 5.34. The van der Waals surface area contributed by atoms with E-state index in [2.05, 4.69) is 50.4 Å². The number of aromatic nitrogens is 1. The van der Waals surface area contributed by atoms with Crippen molar-refractivity contribution in [2.75, 3.05) is 37.6 Å². The lowest BCUT2D eigenvalue weighted by atomic mass is 9.95. The van der Waals surface area contributed by atoms with Crippen LogP contribution in [-0.4, -0.2) is 54.6 Å². The minimum atomic E-state index is 0.189. The minimum Gasteiger partial charge on any atom is -0.354 e. The molecule has 1 aromatic heterocycles. The van der Waals surface area contributed by atoms with Crippen molar-refractivity contribution < 1.29 is 4.79 Å². The van der Waals surface area contributed by atoms with Crippen molar-refractivity contribution in [2.24, 2.45) is 0 Å². The summed E-state index contributed by atoms with van der Waals surface area (Å²) in [5, 5.41) is 5.66. The molecule has 1 aliphatic heterocycles. The highest BCUT2D eigenvalue weighted by Gasteiger charge is 2.22. The number of anilines is 1. The maximum absolute atomic E-state index is 12.3. The van der Waals surface area contributed by atoms with Gasteiger partial charge in [0, 0.05) is 43.8 Å². The molecule has 1 N–H and O–H groups in total. The van der Waals surface area contributed by atoms with Crippen molar-refractivity contribution in [3.05, 3.63) is 36.5 Å². The third-order valence-electron chi connectivity index (χ3n) is 5.66. The molecule has 4 rings (SSSR count). The number of hydrogen-bond acceptors (Lipinski definition) is 4. The van der Waals surface area contributed by atoms with Gasteiger partial charge in [0.15, 0.2) is 0 Å². The molecule has 2 aromatic rings. The van der Waals surface area contributed by atoms with Gasteiger partial charge in [-0.15, -0.1) is 0 Å². The van der Waals surface area contributed by atoms with Gasteiger partial charge in [-0.1, -0.05) is 43.5 Å². The number of nitrogens with one attached hydrogen (secondary N) is 1. The van der Waals surface area contributed by atoms with E-state index in [1.54, 1.807) is 0 Å². The fourth-order valence-corrected chi connectivity index (χ4v) is 4.20. The minimum absolute atomic E-state index is 0.189. The van der Waals surface area contributed by atoms with Crippen LogP contribution in [0.5, 0.6) is 0 Å². The molecule has 1 aromatic carbocycles. The van der Waals surface area contributed by atoms with E-state index < -0.39 is 0 Å². The van der Waals surface area contributed by atoms with Crippen LogP contribution in [0.15, 0.2) is 36.5 Å². The number of benzene rings is 1. The van der Waals surface area contributed by atoms with Gasteiger partial charge in [0.1, 0.15) is 5.82 Å². The number of amides is 1. The second kappa shape index (κ2) is 8.04. The van der Waals surface area contributed by atoms with Gasteiger partial charge < -0.3 is 10.2 Å². The lowest BCUT2D eigenvalue weighted by Gasteiger charge is -2.35. The summed E-state index contributed by atoms with van der Waals surface area (Å²) >= 11 is 0. The molecule has 2 aliphatic rings. The molecule has 1 saturated heterocycles. The fraction of sp³-hybridized carbons (Fsp3) is 0.524. The van der Waals surface area contributed by atoms with Gasteiger partial charge in [0.05, 0.1) is 6.54 Å². The first-order valence-corrected chi connectivity index (χ1v) is 9.90. The molecule has 26 heavy (non-hydrogen) atoms. The molecule has 0 bridgehead atoms. The Morgan fingerprint density at radius 3 is 2.62 bits per heavy atom. The molecule has 5 heteroatoms. The second-order valence-electron chi connectivity index (χ2n) is 7.52. The molecule has 0 atom stereocenters. The second-order valence-corrected chi connectivity index (χ2v) is 7.52. The van der Waals surface area contributed by atoms with E-state index in [1.165, 1.54) is 30.0 Å². The van der Waals surface area contributed by atoms with Crippen LogP contribution >= 0.6 is 0 Å². The van der Waals surface area contributed by atoms with Gasteiger partial charge in [-0.05, 0) is 24.3 Å². The zero-order valence-corrected chi connectivity index (χ0v) is 15.4. The summed E-state index contributed by atoms with van der Waals surface area (Å²) in [6.45, 7) is 4.16. The number of hydrogen-bond donors (Lipinski definition) is 1. The zero-order valence-electron chi connectivity index (χ0n) is 15.4. The number of carbonyl (C=O) groups excluding carboxylic acids is 1. The SMILES string of the molecule is O=C(CN1CCN(c2nccc3ccccc23)CC1)NC1CCCCC1. The van der Waals surface area contributed by atoms with Gasteiger partial charge in [-0.2, -0.15) is 0 Å². The van der Waals surface area contributed by atoms with Gasteiger partial charge in [-0.25, -0.2) is 4.98 Å². The first-order chi connectivity index (χ1) is 12.8. The molecule has 0 radical (unpaired) electrons. The Hall–Kier alpha value is -2.14. The van der Waals surface area contributed by atoms with E-state index in [0.717, 1.165) is 44.8 Å². The van der Waals surface area contributed by atoms with Crippen molar-refractivity contribution in [3.8, 4) is 0 Å². The molecule has 1 saturated carbocycles. The maximum atomic E-state index is 12.3. The summed E-state index contributed by atoms with van der Waals surface area (Å²) in [6.07, 6.45) is 8.00. The summed E-state index contributed by atoms with van der Waals surface area (Å²) in [5.74, 6) is 1.25. The third-order valence-corrected chi connectivity index (χ3v) is 5.66. The van der Waals surface area contributed by atoms with E-state index in [4.69, 9.17) is 0 Å². The van der Waals surface area contributed by atoms with E-state index in [1.807, 2.05) is 6.20 Å². The maximum Gasteiger partial charge on any atom is 0.234 e. The number of carbonyl (C=O) groups is 1. The monoisotopic (exact) mass is 352 g/mol. The molecule has 138 valence electrons. The van der Waals surface area contributed by atoms with E-state index in [0.29, 0.717) is 12.6 Å². The molecular formula is C21H28N4O. The summed E-state index contributed by atoms with van der Waals surface area (Å²) in [4.78, 5) is 21.6. The lowest BCUT2D eigenvalue weighted by Crippen LogP contribution is -2.51. The van der Waals surface area contributed by atoms with E-state index in [-0.39, 0.29) is 5.91 Å². The van der Waals surface area contributed by atoms with Crippen LogP contribution in [0.4, 0.5) is 5.82 Å². The number of piperazine rings is 1. The Bertz CT molecular complexity index is 743. The van der Waals surface area contributed by atoms with Crippen LogP contribution in [0.2, 0.25) is 0 Å². The summed E-state index contributed by atoms with van der Waals surface area (Å²) in [6, 6.07) is 10.9. The predicted molar refractivity (Wildman–Crippen MR) is 105 cm³/mol. The Balaban J connectivity index is 1.31. The predicted octanol–water partition coefficient (Wildman–Crippen LogP) is 2.81. The van der Waals surface area contributed by atoms with E-state index >= 15 is 0 Å². The van der Waals surface area contributed by atoms with Crippen molar-refractivity contribution in [1.29, 1.82) is 0 Å². The van der Waals surface area contributed by atoms with Crippen molar-refractivity contribution >= 4 is 22.5 Å². The van der Waals surface area contributed by atoms with Crippen LogP contribution in [0, 0.1) is 0 Å². The quantitative estimate of drug-likeness (QED) is 0.919. The summed E-state index contributed by atoms with van der Waals surface area (Å²) in [7, 11) is 0. The number of nitrogens with zero attached hydrogens (tertiary/aromatic N) is 3. The number of rotatable bonds is 4. The first-order valence-electron chi connectivity index (χ1n) is 9.90. The topological polar surface area (TPSA) is 48.5 Å². The molecule has 0 unspecified atom stereocenters. The lowest BCUT2D eigenvalue weighted by molar-refractivity contribution is -0.123. The summed E-state index contributed by atoms with van der Waals surface area (Å²) in [5.41, 5.74) is 0. The van der Waals surface area contributed by atoms with Crippen LogP contribution in [0.1, 0.15) is 32.1 Å². The average molecular weight is 352 g/mol. The Morgan fingerprint density at radius 1 is 1.04 bits per heavy atom. The highest BCUT2D eigenvalue weighted by atomic mass is 16.2. The number of fused-ring (bicyclic) bond motifs is 1. The molecule has 5 nitrogen and oxygen atoms in total. The first kappa shape index (κ1) is 17.3. The average Bonchev–Trinajstić information content (AvgIpc) is 2.69. The molecule has 1 aliphatic carbocycles. The highest BCUT2D eigenvalue weighted by molar-refractivity contribution is 5.92. The van der Waals surface area contributed by atoms with Crippen LogP contribution < -0.4 is 10.2 Å².